The van der Waals surface area contributed by atoms with Gasteiger partial charge in [0, 0.05) is 6.42 Å². The van der Waals surface area contributed by atoms with E-state index in [0.717, 1.165) is 25.7 Å². The van der Waals surface area contributed by atoms with E-state index in [1.165, 1.54) is 0 Å². The van der Waals surface area contributed by atoms with Gasteiger partial charge in [0.25, 0.3) is 0 Å². The lowest BCUT2D eigenvalue weighted by molar-refractivity contribution is -0.146. The minimum atomic E-state index is -0.815. The molecule has 1 aliphatic rings. The van der Waals surface area contributed by atoms with Gasteiger partial charge in [-0.3, -0.25) is 9.59 Å². The van der Waals surface area contributed by atoms with Crippen LogP contribution in [0, 0.1) is 17.8 Å². The zero-order valence-electron chi connectivity index (χ0n) is 12.4. The Morgan fingerprint density at radius 2 is 1.48 bits per heavy atom. The van der Waals surface area contributed by atoms with E-state index in [2.05, 4.69) is 0 Å². The van der Waals surface area contributed by atoms with E-state index in [1.807, 2.05) is 36.4 Å². The fourth-order valence-electron chi connectivity index (χ4n) is 2.94. The van der Waals surface area contributed by atoms with Crippen LogP contribution in [0.4, 0.5) is 0 Å². The Morgan fingerprint density at radius 3 is 1.90 bits per heavy atom. The van der Waals surface area contributed by atoms with Gasteiger partial charge in [-0.2, -0.15) is 0 Å². The molecule has 0 heterocycles. The van der Waals surface area contributed by atoms with Gasteiger partial charge < -0.3 is 10.2 Å². The van der Waals surface area contributed by atoms with E-state index in [0.29, 0.717) is 0 Å². The van der Waals surface area contributed by atoms with Crippen LogP contribution in [0.3, 0.4) is 0 Å². The molecule has 2 N–H and O–H groups in total. The predicted octanol–water partition coefficient (Wildman–Crippen LogP) is 3.67. The summed E-state index contributed by atoms with van der Waals surface area (Å²) < 4.78 is 0. The van der Waals surface area contributed by atoms with E-state index < -0.39 is 17.9 Å². The molecule has 0 saturated heterocycles. The first-order valence-electron chi connectivity index (χ1n) is 7.47. The molecule has 4 nitrogen and oxygen atoms in total. The lowest BCUT2D eigenvalue weighted by atomic mass is 9.71. The highest BCUT2D eigenvalue weighted by Gasteiger charge is 2.33. The van der Waals surface area contributed by atoms with Crippen LogP contribution in [0.5, 0.6) is 0 Å². The van der Waals surface area contributed by atoms with Crippen LogP contribution in [0.15, 0.2) is 36.4 Å². The first-order valence-corrected chi connectivity index (χ1v) is 7.47. The molecule has 0 radical (unpaired) electrons. The molecule has 2 rings (SSSR count). The lowest BCUT2D eigenvalue weighted by Gasteiger charge is -2.33. The Morgan fingerprint density at radius 1 is 1.00 bits per heavy atom. The summed E-state index contributed by atoms with van der Waals surface area (Å²) >= 11 is 0. The molecule has 0 amide bonds. The van der Waals surface area contributed by atoms with Crippen molar-refractivity contribution in [2.75, 3.05) is 0 Å². The third kappa shape index (κ3) is 6.43. The summed E-state index contributed by atoms with van der Waals surface area (Å²) in [5.41, 5.74) is 0. The SMILES string of the molecule is C[C@@H](C(=O)O)C1CCCCC1CC(=O)O.c1ccccc1. The zero-order valence-corrected chi connectivity index (χ0v) is 12.4. The molecule has 1 aromatic rings. The number of carbonyl (C=O) groups is 2. The second kappa shape index (κ2) is 9.16. The normalized spacial score (nSPS) is 22.5. The molecule has 1 fully saturated rings. The van der Waals surface area contributed by atoms with Crippen LogP contribution in [0.2, 0.25) is 0 Å². The quantitative estimate of drug-likeness (QED) is 0.887. The number of benzene rings is 1. The van der Waals surface area contributed by atoms with Crippen molar-refractivity contribution in [2.24, 2.45) is 17.8 Å². The van der Waals surface area contributed by atoms with Crippen molar-refractivity contribution < 1.29 is 19.8 Å². The summed E-state index contributed by atoms with van der Waals surface area (Å²) in [4.78, 5) is 21.5. The van der Waals surface area contributed by atoms with Gasteiger partial charge in [-0.05, 0) is 24.7 Å². The molecular weight excluding hydrogens is 268 g/mol. The van der Waals surface area contributed by atoms with Gasteiger partial charge in [0.15, 0.2) is 0 Å². The van der Waals surface area contributed by atoms with Gasteiger partial charge >= 0.3 is 11.9 Å². The third-order valence-corrected chi connectivity index (χ3v) is 4.10. The van der Waals surface area contributed by atoms with Gasteiger partial charge in [0.1, 0.15) is 0 Å². The monoisotopic (exact) mass is 292 g/mol. The van der Waals surface area contributed by atoms with Crippen LogP contribution < -0.4 is 0 Å². The summed E-state index contributed by atoms with van der Waals surface area (Å²) in [6, 6.07) is 12.0. The first kappa shape index (κ1) is 17.2. The van der Waals surface area contributed by atoms with Crippen molar-refractivity contribution >= 4 is 11.9 Å². The van der Waals surface area contributed by atoms with Crippen molar-refractivity contribution in [3.8, 4) is 0 Å². The molecular formula is C17H24O4. The number of hydrogen-bond donors (Lipinski definition) is 2. The van der Waals surface area contributed by atoms with E-state index >= 15 is 0 Å². The topological polar surface area (TPSA) is 74.6 Å². The highest BCUT2D eigenvalue weighted by atomic mass is 16.4. The van der Waals surface area contributed by atoms with Crippen molar-refractivity contribution in [3.05, 3.63) is 36.4 Å². The van der Waals surface area contributed by atoms with Gasteiger partial charge in [0.05, 0.1) is 5.92 Å². The molecule has 4 heteroatoms. The second-order valence-electron chi connectivity index (χ2n) is 5.59. The second-order valence-corrected chi connectivity index (χ2v) is 5.59. The van der Waals surface area contributed by atoms with Gasteiger partial charge in [-0.25, -0.2) is 0 Å². The summed E-state index contributed by atoms with van der Waals surface area (Å²) in [7, 11) is 0. The lowest BCUT2D eigenvalue weighted by Crippen LogP contribution is -2.31. The molecule has 1 saturated carbocycles. The van der Waals surface area contributed by atoms with Crippen molar-refractivity contribution in [2.45, 2.75) is 39.0 Å². The Kier molecular flexibility index (Phi) is 7.51. The molecule has 2 unspecified atom stereocenters. The number of hydrogen-bond acceptors (Lipinski definition) is 2. The molecule has 0 aliphatic heterocycles. The Bertz CT molecular complexity index is 403. The van der Waals surface area contributed by atoms with Crippen LogP contribution in [-0.2, 0) is 9.59 Å². The zero-order chi connectivity index (χ0) is 15.7. The van der Waals surface area contributed by atoms with Crippen molar-refractivity contribution in [1.29, 1.82) is 0 Å². The van der Waals surface area contributed by atoms with E-state index in [1.54, 1.807) is 6.92 Å². The van der Waals surface area contributed by atoms with Crippen LogP contribution >= 0.6 is 0 Å². The maximum Gasteiger partial charge on any atom is 0.306 e. The fourth-order valence-corrected chi connectivity index (χ4v) is 2.94. The van der Waals surface area contributed by atoms with Crippen molar-refractivity contribution in [1.82, 2.24) is 0 Å². The number of carboxylic acid groups (broad SMARTS) is 2. The largest absolute Gasteiger partial charge is 0.481 e. The highest BCUT2D eigenvalue weighted by molar-refractivity contribution is 5.70. The molecule has 21 heavy (non-hydrogen) atoms. The molecule has 116 valence electrons. The fraction of sp³-hybridized carbons (Fsp3) is 0.529. The summed E-state index contributed by atoms with van der Waals surface area (Å²) in [6.45, 7) is 1.69. The van der Waals surface area contributed by atoms with Crippen LogP contribution in [0.1, 0.15) is 39.0 Å². The Hall–Kier alpha value is -1.84. The van der Waals surface area contributed by atoms with Crippen molar-refractivity contribution in [3.63, 3.8) is 0 Å². The van der Waals surface area contributed by atoms with Crippen LogP contribution in [-0.4, -0.2) is 22.2 Å². The third-order valence-electron chi connectivity index (χ3n) is 4.10. The molecule has 0 aromatic heterocycles. The minimum absolute atomic E-state index is 0.0346. The Labute approximate surface area is 125 Å². The molecule has 1 aliphatic carbocycles. The van der Waals surface area contributed by atoms with E-state index in [-0.39, 0.29) is 18.3 Å². The average molecular weight is 292 g/mol. The maximum absolute atomic E-state index is 10.9. The number of rotatable bonds is 4. The molecule has 0 spiro atoms. The molecule has 1 aromatic carbocycles. The summed E-state index contributed by atoms with van der Waals surface area (Å²) in [6.07, 6.45) is 3.88. The number of aliphatic carboxylic acids is 2. The van der Waals surface area contributed by atoms with Gasteiger partial charge in [0.2, 0.25) is 0 Å². The maximum atomic E-state index is 10.9. The Balaban J connectivity index is 0.000000304. The molecule has 0 bridgehead atoms. The standard InChI is InChI=1S/C11H18O4.C6H6/c1-7(11(14)15)9-5-3-2-4-8(9)6-10(12)13;1-2-4-6-5-3-1/h7-9H,2-6H2,1H3,(H,12,13)(H,14,15);1-6H/t7-,8?,9?;/m1./s1. The van der Waals surface area contributed by atoms with Gasteiger partial charge in [-0.1, -0.05) is 56.2 Å². The summed E-state index contributed by atoms with van der Waals surface area (Å²) in [5, 5.41) is 17.7. The molecule has 3 atom stereocenters. The average Bonchev–Trinajstić information content (AvgIpc) is 2.49. The van der Waals surface area contributed by atoms with Crippen LogP contribution in [0.25, 0.3) is 0 Å². The summed E-state index contributed by atoms with van der Waals surface area (Å²) in [5.74, 6) is -1.97. The predicted molar refractivity (Wildman–Crippen MR) is 80.9 cm³/mol. The first-order chi connectivity index (χ1) is 10.0. The smallest absolute Gasteiger partial charge is 0.306 e. The number of carboxylic acids is 2. The van der Waals surface area contributed by atoms with Gasteiger partial charge in [-0.15, -0.1) is 0 Å². The van der Waals surface area contributed by atoms with E-state index in [4.69, 9.17) is 10.2 Å². The van der Waals surface area contributed by atoms with E-state index in [9.17, 15) is 9.59 Å². The minimum Gasteiger partial charge on any atom is -0.481 e. The highest BCUT2D eigenvalue weighted by Crippen LogP contribution is 2.37.